The number of rotatable bonds is 5. The number of benzene rings is 1. The van der Waals surface area contributed by atoms with Crippen LogP contribution in [0.15, 0.2) is 54.4 Å². The normalized spacial score (nSPS) is 17.8. The molecule has 2 aliphatic rings. The van der Waals surface area contributed by atoms with Gasteiger partial charge >= 0.3 is 0 Å². The van der Waals surface area contributed by atoms with Gasteiger partial charge in [-0.25, -0.2) is 9.37 Å². The summed E-state index contributed by atoms with van der Waals surface area (Å²) in [7, 11) is 0. The number of anilines is 3. The summed E-state index contributed by atoms with van der Waals surface area (Å²) in [5, 5.41) is 13.9. The molecule has 2 fully saturated rings. The molecule has 5 rings (SSSR count). The van der Waals surface area contributed by atoms with Crippen molar-refractivity contribution in [2.45, 2.75) is 25.3 Å². The third-order valence-electron chi connectivity index (χ3n) is 4.90. The maximum atomic E-state index is 13.2. The molecule has 3 aromatic rings. The standard InChI is InChI=1S/C21H19FN6O/c1-12-13(9-20(29)24-12)8-14-11-23-28-19(26-17-6-7-17)10-18(27-21(14)28)25-16-4-2-15(22)3-5-16/h2-5,8,10-11,17,26H,1,6-7,9H2,(H,24,29)(H,25,27)/b13-8+. The summed E-state index contributed by atoms with van der Waals surface area (Å²) in [5.74, 6) is 1.08. The van der Waals surface area contributed by atoms with Gasteiger partial charge in [-0.2, -0.15) is 9.61 Å². The van der Waals surface area contributed by atoms with Crippen LogP contribution < -0.4 is 16.0 Å². The molecule has 29 heavy (non-hydrogen) atoms. The van der Waals surface area contributed by atoms with Gasteiger partial charge in [0.2, 0.25) is 5.91 Å². The second-order valence-electron chi connectivity index (χ2n) is 7.29. The van der Waals surface area contributed by atoms with Crippen molar-refractivity contribution in [3.63, 3.8) is 0 Å². The fourth-order valence-electron chi connectivity index (χ4n) is 3.26. The van der Waals surface area contributed by atoms with Crippen molar-refractivity contribution >= 4 is 35.0 Å². The van der Waals surface area contributed by atoms with Gasteiger partial charge in [-0.1, -0.05) is 6.58 Å². The Balaban J connectivity index is 1.56. The van der Waals surface area contributed by atoms with Gasteiger partial charge in [0.1, 0.15) is 17.5 Å². The molecule has 2 aromatic heterocycles. The second-order valence-corrected chi connectivity index (χ2v) is 7.29. The molecular weight excluding hydrogens is 371 g/mol. The van der Waals surface area contributed by atoms with Crippen molar-refractivity contribution in [1.29, 1.82) is 0 Å². The summed E-state index contributed by atoms with van der Waals surface area (Å²) in [5.41, 5.74) is 3.60. The lowest BCUT2D eigenvalue weighted by atomic mass is 10.1. The fraction of sp³-hybridized carbons (Fsp3) is 0.190. The first-order valence-corrected chi connectivity index (χ1v) is 9.43. The minimum Gasteiger partial charge on any atom is -0.367 e. The summed E-state index contributed by atoms with van der Waals surface area (Å²) >= 11 is 0. The van der Waals surface area contributed by atoms with Crippen LogP contribution in [0.2, 0.25) is 0 Å². The molecule has 1 saturated heterocycles. The number of hydrogen-bond acceptors (Lipinski definition) is 5. The van der Waals surface area contributed by atoms with Crippen molar-refractivity contribution < 1.29 is 9.18 Å². The highest BCUT2D eigenvalue weighted by molar-refractivity contribution is 5.89. The van der Waals surface area contributed by atoms with E-state index < -0.39 is 0 Å². The number of allylic oxidation sites excluding steroid dienone is 1. The first-order valence-electron chi connectivity index (χ1n) is 9.43. The Hall–Kier alpha value is -3.68. The van der Waals surface area contributed by atoms with E-state index >= 15 is 0 Å². The fourth-order valence-corrected chi connectivity index (χ4v) is 3.26. The van der Waals surface area contributed by atoms with E-state index in [1.165, 1.54) is 12.1 Å². The van der Waals surface area contributed by atoms with E-state index in [1.807, 2.05) is 12.1 Å². The maximum absolute atomic E-state index is 13.2. The lowest BCUT2D eigenvalue weighted by Crippen LogP contribution is -2.10. The predicted octanol–water partition coefficient (Wildman–Crippen LogP) is 3.60. The molecular formula is C21H19FN6O. The lowest BCUT2D eigenvalue weighted by molar-refractivity contribution is -0.118. The number of amides is 1. The number of carbonyl (C=O) groups is 1. The zero-order chi connectivity index (χ0) is 20.0. The Kier molecular flexibility index (Phi) is 4.04. The molecule has 1 aliphatic heterocycles. The molecule has 8 heteroatoms. The van der Waals surface area contributed by atoms with Gasteiger partial charge in [-0.05, 0) is 48.8 Å². The van der Waals surface area contributed by atoms with Gasteiger partial charge < -0.3 is 16.0 Å². The van der Waals surface area contributed by atoms with Crippen molar-refractivity contribution in [1.82, 2.24) is 19.9 Å². The van der Waals surface area contributed by atoms with Crippen LogP contribution in [0.1, 0.15) is 24.8 Å². The van der Waals surface area contributed by atoms with Crippen molar-refractivity contribution in [3.05, 3.63) is 65.8 Å². The molecule has 1 amide bonds. The monoisotopic (exact) mass is 390 g/mol. The molecule has 0 unspecified atom stereocenters. The van der Waals surface area contributed by atoms with E-state index in [1.54, 1.807) is 22.8 Å². The highest BCUT2D eigenvalue weighted by atomic mass is 19.1. The highest BCUT2D eigenvalue weighted by Gasteiger charge is 2.24. The van der Waals surface area contributed by atoms with Crippen LogP contribution >= 0.6 is 0 Å². The summed E-state index contributed by atoms with van der Waals surface area (Å²) in [4.78, 5) is 16.3. The Morgan fingerprint density at radius 2 is 2.07 bits per heavy atom. The average molecular weight is 390 g/mol. The average Bonchev–Trinajstić information content (AvgIpc) is 3.33. The number of fused-ring (bicyclic) bond motifs is 1. The van der Waals surface area contributed by atoms with Crippen LogP contribution in [-0.4, -0.2) is 26.5 Å². The zero-order valence-electron chi connectivity index (χ0n) is 15.6. The van der Waals surface area contributed by atoms with Crippen LogP contribution in [0.5, 0.6) is 0 Å². The minimum absolute atomic E-state index is 0.0690. The van der Waals surface area contributed by atoms with E-state index in [0.717, 1.165) is 35.5 Å². The Morgan fingerprint density at radius 3 is 2.76 bits per heavy atom. The lowest BCUT2D eigenvalue weighted by Gasteiger charge is -2.11. The van der Waals surface area contributed by atoms with Gasteiger partial charge in [0.05, 0.1) is 12.6 Å². The van der Waals surface area contributed by atoms with Crippen LogP contribution in [0.25, 0.3) is 11.7 Å². The molecule has 3 N–H and O–H groups in total. The van der Waals surface area contributed by atoms with Gasteiger partial charge in [0, 0.05) is 29.1 Å². The molecule has 0 atom stereocenters. The maximum Gasteiger partial charge on any atom is 0.228 e. The quantitative estimate of drug-likeness (QED) is 0.620. The molecule has 0 spiro atoms. The number of hydrogen-bond donors (Lipinski definition) is 3. The Labute approximate surface area is 166 Å². The van der Waals surface area contributed by atoms with Crippen LogP contribution in [0.4, 0.5) is 21.7 Å². The second kappa shape index (κ2) is 6.73. The van der Waals surface area contributed by atoms with Gasteiger partial charge in [-0.15, -0.1) is 0 Å². The molecule has 3 heterocycles. The van der Waals surface area contributed by atoms with E-state index in [0.29, 0.717) is 23.2 Å². The minimum atomic E-state index is -0.292. The third-order valence-corrected chi connectivity index (χ3v) is 4.90. The summed E-state index contributed by atoms with van der Waals surface area (Å²) in [6.45, 7) is 3.89. The first-order chi connectivity index (χ1) is 14.0. The van der Waals surface area contributed by atoms with Crippen LogP contribution in [-0.2, 0) is 4.79 Å². The number of carbonyl (C=O) groups excluding carboxylic acids is 1. The van der Waals surface area contributed by atoms with E-state index in [9.17, 15) is 9.18 Å². The highest BCUT2D eigenvalue weighted by Crippen LogP contribution is 2.29. The molecule has 7 nitrogen and oxygen atoms in total. The topological polar surface area (TPSA) is 83.4 Å². The SMILES string of the molecule is C=C1NC(=O)C/C1=C\c1cnn2c(NC3CC3)cc(Nc3ccc(F)cc3)nc12. The Bertz CT molecular complexity index is 1160. The third kappa shape index (κ3) is 3.56. The molecule has 146 valence electrons. The van der Waals surface area contributed by atoms with Gasteiger partial charge in [0.15, 0.2) is 5.65 Å². The number of halogens is 1. The number of nitrogens with zero attached hydrogens (tertiary/aromatic N) is 3. The van der Waals surface area contributed by atoms with Gasteiger partial charge in [-0.3, -0.25) is 4.79 Å². The summed E-state index contributed by atoms with van der Waals surface area (Å²) in [6, 6.07) is 8.44. The van der Waals surface area contributed by atoms with Crippen molar-refractivity contribution in [3.8, 4) is 0 Å². The molecule has 0 bridgehead atoms. The smallest absolute Gasteiger partial charge is 0.228 e. The molecule has 1 aliphatic carbocycles. The molecule has 1 saturated carbocycles. The van der Waals surface area contributed by atoms with Crippen molar-refractivity contribution in [2.75, 3.05) is 10.6 Å². The van der Waals surface area contributed by atoms with Gasteiger partial charge in [0.25, 0.3) is 0 Å². The summed E-state index contributed by atoms with van der Waals surface area (Å²) < 4.78 is 15.0. The van der Waals surface area contributed by atoms with Crippen molar-refractivity contribution in [2.24, 2.45) is 0 Å². The zero-order valence-corrected chi connectivity index (χ0v) is 15.6. The Morgan fingerprint density at radius 1 is 1.28 bits per heavy atom. The van der Waals surface area contributed by atoms with E-state index in [2.05, 4.69) is 27.6 Å². The van der Waals surface area contributed by atoms with E-state index in [-0.39, 0.29) is 18.1 Å². The largest absolute Gasteiger partial charge is 0.367 e. The van der Waals surface area contributed by atoms with E-state index in [4.69, 9.17) is 4.98 Å². The van der Waals surface area contributed by atoms with Crippen LogP contribution in [0.3, 0.4) is 0 Å². The number of aromatic nitrogens is 3. The predicted molar refractivity (Wildman–Crippen MR) is 109 cm³/mol. The molecule has 0 radical (unpaired) electrons. The summed E-state index contributed by atoms with van der Waals surface area (Å²) in [6.07, 6.45) is 6.15. The van der Waals surface area contributed by atoms with Crippen LogP contribution in [0, 0.1) is 5.82 Å². The molecule has 1 aromatic carbocycles. The number of nitrogens with one attached hydrogen (secondary N) is 3. The first kappa shape index (κ1) is 17.4.